The van der Waals surface area contributed by atoms with Crippen molar-refractivity contribution < 1.29 is 39.1 Å². The smallest absolute Gasteiger partial charge is 0.344 e. The Hall–Kier alpha value is -2.16. The number of hydrogen-bond acceptors (Lipinski definition) is 7. The van der Waals surface area contributed by atoms with Gasteiger partial charge in [-0.1, -0.05) is 19.1 Å². The lowest BCUT2D eigenvalue weighted by atomic mass is 9.73. The summed E-state index contributed by atoms with van der Waals surface area (Å²) < 4.78 is 15.6. The Kier molecular flexibility index (Phi) is 8.90. The first-order chi connectivity index (χ1) is 15.4. The molecular weight excluding hydrogens is 416 g/mol. The number of aliphatic carboxylic acids is 1. The Morgan fingerprint density at radius 3 is 2.75 bits per heavy atom. The van der Waals surface area contributed by atoms with Gasteiger partial charge < -0.3 is 29.5 Å². The van der Waals surface area contributed by atoms with E-state index in [0.29, 0.717) is 17.6 Å². The van der Waals surface area contributed by atoms with Gasteiger partial charge in [-0.3, -0.25) is 0 Å². The van der Waals surface area contributed by atoms with Gasteiger partial charge in [0.15, 0.2) is 6.61 Å². The highest BCUT2D eigenvalue weighted by molar-refractivity contribution is 5.71. The summed E-state index contributed by atoms with van der Waals surface area (Å²) in [7, 11) is 0. The first-order valence-electron chi connectivity index (χ1n) is 11.4. The molecule has 3 rings (SSSR count). The summed E-state index contributed by atoms with van der Waals surface area (Å²) in [6.45, 7) is 1.30. The summed E-state index contributed by atoms with van der Waals surface area (Å²) in [5, 5.41) is 29.1. The minimum atomic E-state index is -1.07. The molecule has 2 aliphatic carbocycles. The number of carbonyl (C=O) groups excluding carboxylic acids is 1. The first-order valence-corrected chi connectivity index (χ1v) is 11.4. The van der Waals surface area contributed by atoms with E-state index in [1.54, 1.807) is 0 Å². The summed E-state index contributed by atoms with van der Waals surface area (Å²) in [6.07, 6.45) is 4.07. The normalized spacial score (nSPS) is 25.0. The van der Waals surface area contributed by atoms with Crippen LogP contribution in [0.5, 0.6) is 5.75 Å². The minimum absolute atomic E-state index is 0.0145. The molecule has 8 nitrogen and oxygen atoms in total. The number of ether oxygens (including phenoxy) is 3. The average molecular weight is 451 g/mol. The molecule has 1 saturated carbocycles. The molecule has 0 aliphatic heterocycles. The number of esters is 1. The number of fused-ring (bicyclic) bond motifs is 2. The molecular formula is C24H34O8. The molecule has 0 heterocycles. The highest BCUT2D eigenvalue weighted by atomic mass is 16.6. The van der Waals surface area contributed by atoms with E-state index in [4.69, 9.17) is 19.3 Å². The van der Waals surface area contributed by atoms with Gasteiger partial charge in [-0.15, -0.1) is 0 Å². The molecule has 0 spiro atoms. The average Bonchev–Trinajstić information content (AvgIpc) is 3.07. The van der Waals surface area contributed by atoms with Gasteiger partial charge >= 0.3 is 11.9 Å². The quantitative estimate of drug-likeness (QED) is 0.326. The van der Waals surface area contributed by atoms with E-state index < -0.39 is 18.5 Å². The van der Waals surface area contributed by atoms with Crippen LogP contribution in [0.4, 0.5) is 0 Å². The number of rotatable bonds is 12. The van der Waals surface area contributed by atoms with Crippen molar-refractivity contribution in [1.29, 1.82) is 0 Å². The third kappa shape index (κ3) is 6.43. The number of carboxylic acids is 1. The number of aliphatic hydroxyl groups excluding tert-OH is 2. The van der Waals surface area contributed by atoms with Gasteiger partial charge in [0.2, 0.25) is 0 Å². The van der Waals surface area contributed by atoms with E-state index in [1.165, 1.54) is 5.56 Å². The molecule has 0 bridgehead atoms. The Balaban J connectivity index is 1.53. The third-order valence-corrected chi connectivity index (χ3v) is 6.71. The van der Waals surface area contributed by atoms with Crippen LogP contribution in [-0.2, 0) is 31.9 Å². The van der Waals surface area contributed by atoms with Crippen molar-refractivity contribution in [3.05, 3.63) is 29.3 Å². The SMILES string of the molecule is CC[C@H](O)CC[C@@H]1[C@H]2Cc3cccc(OCC(=O)OCCOCC(=O)O)c3C[C@H]2C[C@H]1O. The van der Waals surface area contributed by atoms with Crippen molar-refractivity contribution in [3.8, 4) is 5.75 Å². The van der Waals surface area contributed by atoms with Crippen molar-refractivity contribution in [2.24, 2.45) is 17.8 Å². The molecule has 0 saturated heterocycles. The maximum absolute atomic E-state index is 11.9. The second kappa shape index (κ2) is 11.6. The number of hydrogen-bond donors (Lipinski definition) is 3. The Morgan fingerprint density at radius 1 is 1.19 bits per heavy atom. The molecule has 1 aromatic rings. The molecule has 2 aliphatic rings. The zero-order valence-electron chi connectivity index (χ0n) is 18.6. The van der Waals surface area contributed by atoms with Crippen molar-refractivity contribution in [2.75, 3.05) is 26.4 Å². The zero-order valence-corrected chi connectivity index (χ0v) is 18.6. The number of benzene rings is 1. The molecule has 1 fully saturated rings. The summed E-state index contributed by atoms with van der Waals surface area (Å²) in [6, 6.07) is 5.85. The van der Waals surface area contributed by atoms with Crippen LogP contribution in [-0.4, -0.2) is 65.9 Å². The fraction of sp³-hybridized carbons (Fsp3) is 0.667. The standard InChI is InChI=1S/C24H34O8/c1-2-17(25)6-7-18-19-10-15-4-3-5-22(20(15)11-16(19)12-21(18)26)32-14-24(29)31-9-8-30-13-23(27)28/h3-5,16-19,21,25-26H,2,6-14H2,1H3,(H,27,28)/t16-,17-,18+,19-,21+/m0/s1. The number of aliphatic hydroxyl groups is 2. The predicted molar refractivity (Wildman–Crippen MR) is 115 cm³/mol. The van der Waals surface area contributed by atoms with Crippen LogP contribution in [0.2, 0.25) is 0 Å². The second-order valence-electron chi connectivity index (χ2n) is 8.79. The highest BCUT2D eigenvalue weighted by Crippen LogP contribution is 2.48. The molecule has 3 N–H and O–H groups in total. The summed E-state index contributed by atoms with van der Waals surface area (Å²) in [5.74, 6) is 0.0185. The molecule has 32 heavy (non-hydrogen) atoms. The molecule has 178 valence electrons. The van der Waals surface area contributed by atoms with Gasteiger partial charge in [0.1, 0.15) is 19.0 Å². The lowest BCUT2D eigenvalue weighted by molar-refractivity contribution is -0.149. The number of carboxylic acid groups (broad SMARTS) is 1. The van der Waals surface area contributed by atoms with Crippen LogP contribution in [0.15, 0.2) is 18.2 Å². The van der Waals surface area contributed by atoms with Gasteiger partial charge in [-0.25, -0.2) is 9.59 Å². The maximum Gasteiger partial charge on any atom is 0.344 e. The van der Waals surface area contributed by atoms with Gasteiger partial charge in [0.25, 0.3) is 0 Å². The molecule has 0 radical (unpaired) electrons. The van der Waals surface area contributed by atoms with E-state index >= 15 is 0 Å². The van der Waals surface area contributed by atoms with Gasteiger partial charge in [-0.05, 0) is 73.5 Å². The maximum atomic E-state index is 11.9. The molecule has 0 aromatic heterocycles. The fourth-order valence-corrected chi connectivity index (χ4v) is 5.08. The van der Waals surface area contributed by atoms with E-state index in [9.17, 15) is 19.8 Å². The lowest BCUT2D eigenvalue weighted by Crippen LogP contribution is -2.28. The molecule has 0 unspecified atom stereocenters. The second-order valence-corrected chi connectivity index (χ2v) is 8.79. The van der Waals surface area contributed by atoms with Crippen LogP contribution in [0, 0.1) is 17.8 Å². The summed E-state index contributed by atoms with van der Waals surface area (Å²) in [5.41, 5.74) is 2.28. The van der Waals surface area contributed by atoms with Crippen molar-refractivity contribution >= 4 is 11.9 Å². The highest BCUT2D eigenvalue weighted by Gasteiger charge is 2.44. The third-order valence-electron chi connectivity index (χ3n) is 6.71. The monoisotopic (exact) mass is 450 g/mol. The predicted octanol–water partition coefficient (Wildman–Crippen LogP) is 1.97. The van der Waals surface area contributed by atoms with Gasteiger partial charge in [-0.2, -0.15) is 0 Å². The topological polar surface area (TPSA) is 123 Å². The molecule has 5 atom stereocenters. The van der Waals surface area contributed by atoms with E-state index in [-0.39, 0.29) is 37.9 Å². The number of carbonyl (C=O) groups is 2. The molecule has 0 amide bonds. The zero-order chi connectivity index (χ0) is 23.1. The summed E-state index contributed by atoms with van der Waals surface area (Å²) >= 11 is 0. The van der Waals surface area contributed by atoms with Crippen molar-refractivity contribution in [3.63, 3.8) is 0 Å². The van der Waals surface area contributed by atoms with Crippen LogP contribution < -0.4 is 4.74 Å². The Morgan fingerprint density at radius 2 is 2.00 bits per heavy atom. The van der Waals surface area contributed by atoms with Crippen LogP contribution in [0.1, 0.15) is 43.7 Å². The van der Waals surface area contributed by atoms with Crippen molar-refractivity contribution in [2.45, 2.75) is 57.7 Å². The largest absolute Gasteiger partial charge is 0.482 e. The minimum Gasteiger partial charge on any atom is -0.482 e. The molecule has 1 aromatic carbocycles. The van der Waals surface area contributed by atoms with E-state index in [2.05, 4.69) is 6.07 Å². The van der Waals surface area contributed by atoms with Crippen LogP contribution in [0.25, 0.3) is 0 Å². The lowest BCUT2D eigenvalue weighted by Gasteiger charge is -2.32. The molecule has 8 heteroatoms. The van der Waals surface area contributed by atoms with Crippen LogP contribution in [0.3, 0.4) is 0 Å². The summed E-state index contributed by atoms with van der Waals surface area (Å²) in [4.78, 5) is 22.3. The first kappa shape index (κ1) is 24.5. The van der Waals surface area contributed by atoms with Gasteiger partial charge in [0, 0.05) is 0 Å². The Labute approximate surface area is 188 Å². The van der Waals surface area contributed by atoms with Crippen molar-refractivity contribution in [1.82, 2.24) is 0 Å². The van der Waals surface area contributed by atoms with Gasteiger partial charge in [0.05, 0.1) is 18.8 Å². The fourth-order valence-electron chi connectivity index (χ4n) is 5.08. The van der Waals surface area contributed by atoms with Crippen LogP contribution >= 0.6 is 0 Å². The van der Waals surface area contributed by atoms with E-state index in [1.807, 2.05) is 19.1 Å². The Bertz CT molecular complexity index is 779. The van der Waals surface area contributed by atoms with E-state index in [0.717, 1.165) is 44.1 Å².